The predicted octanol–water partition coefficient (Wildman–Crippen LogP) is 7.19. The zero-order valence-electron chi connectivity index (χ0n) is 19.5. The van der Waals surface area contributed by atoms with Gasteiger partial charge >= 0.3 is 0 Å². The Labute approximate surface area is 232 Å². The number of nitrogens with zero attached hydrogens (tertiary/aromatic N) is 3. The van der Waals surface area contributed by atoms with Gasteiger partial charge in [0.05, 0.1) is 27.5 Å². The van der Waals surface area contributed by atoms with Crippen molar-refractivity contribution in [2.24, 2.45) is 0 Å². The second kappa shape index (κ2) is 10.4. The Morgan fingerprint density at radius 3 is 2.53 bits per heavy atom. The molecule has 9 heteroatoms. The highest BCUT2D eigenvalue weighted by Crippen LogP contribution is 2.45. The van der Waals surface area contributed by atoms with Crippen LogP contribution in [0.25, 0.3) is 17.2 Å². The van der Waals surface area contributed by atoms with Crippen LogP contribution in [0, 0.1) is 33.2 Å². The minimum Gasteiger partial charge on any atom is -0.493 e. The molecule has 0 fully saturated rings. The van der Waals surface area contributed by atoms with Gasteiger partial charge in [-0.3, -0.25) is 0 Å². The van der Waals surface area contributed by atoms with Gasteiger partial charge in [0.1, 0.15) is 24.6 Å². The summed E-state index contributed by atoms with van der Waals surface area (Å²) in [5, 5.41) is 20.4. The van der Waals surface area contributed by atoms with Crippen molar-refractivity contribution in [3.8, 4) is 23.6 Å². The number of ether oxygens (including phenoxy) is 2. The number of hydrogen-bond donors (Lipinski definition) is 1. The number of nitrogen functional groups attached to an aromatic ring is 1. The van der Waals surface area contributed by atoms with Crippen LogP contribution in [0.1, 0.15) is 40.4 Å². The largest absolute Gasteiger partial charge is 0.493 e. The Balaban J connectivity index is 1.77. The SMILES string of the molecule is COc1cc(/C=C2\C(C)=C(C#N)c3nc(N)c(C#N)c(C)c32)cc(I)c1OCc1ccc(Cl)cc1Cl. The lowest BCUT2D eigenvalue weighted by atomic mass is 9.95. The molecular formula is C27H19Cl2IN4O2. The molecule has 0 atom stereocenters. The lowest BCUT2D eigenvalue weighted by Crippen LogP contribution is -2.04. The number of rotatable bonds is 5. The number of benzene rings is 2. The monoisotopic (exact) mass is 628 g/mol. The molecule has 1 aliphatic rings. The fraction of sp³-hybridized carbons (Fsp3) is 0.148. The fourth-order valence-electron chi connectivity index (χ4n) is 4.11. The van der Waals surface area contributed by atoms with Crippen LogP contribution in [-0.2, 0) is 6.61 Å². The molecule has 0 saturated heterocycles. The molecule has 2 aromatic carbocycles. The van der Waals surface area contributed by atoms with Crippen molar-refractivity contribution in [1.82, 2.24) is 4.98 Å². The van der Waals surface area contributed by atoms with Crippen LogP contribution >= 0.6 is 45.8 Å². The number of pyridine rings is 1. The van der Waals surface area contributed by atoms with Crippen molar-refractivity contribution >= 4 is 68.8 Å². The third-order valence-corrected chi connectivity index (χ3v) is 7.32. The van der Waals surface area contributed by atoms with Gasteiger partial charge in [-0.1, -0.05) is 29.3 Å². The molecule has 1 heterocycles. The molecule has 2 N–H and O–H groups in total. The van der Waals surface area contributed by atoms with E-state index < -0.39 is 0 Å². The maximum Gasteiger partial charge on any atom is 0.174 e. The molecule has 3 aromatic rings. The van der Waals surface area contributed by atoms with Crippen molar-refractivity contribution in [3.63, 3.8) is 0 Å². The first-order valence-corrected chi connectivity index (χ1v) is 12.5. The van der Waals surface area contributed by atoms with Crippen LogP contribution in [0.5, 0.6) is 11.5 Å². The zero-order chi connectivity index (χ0) is 26.1. The Kier molecular flexibility index (Phi) is 7.46. The lowest BCUT2D eigenvalue weighted by molar-refractivity contribution is 0.282. The quantitative estimate of drug-likeness (QED) is 0.300. The Morgan fingerprint density at radius 1 is 1.14 bits per heavy atom. The van der Waals surface area contributed by atoms with E-state index in [4.69, 9.17) is 38.4 Å². The molecule has 0 spiro atoms. The van der Waals surface area contributed by atoms with E-state index in [-0.39, 0.29) is 12.4 Å². The molecule has 36 heavy (non-hydrogen) atoms. The van der Waals surface area contributed by atoms with Crippen LogP contribution in [0.15, 0.2) is 35.9 Å². The summed E-state index contributed by atoms with van der Waals surface area (Å²) >= 11 is 14.5. The smallest absolute Gasteiger partial charge is 0.174 e. The van der Waals surface area contributed by atoms with E-state index in [0.717, 1.165) is 31.4 Å². The van der Waals surface area contributed by atoms with Crippen LogP contribution < -0.4 is 15.2 Å². The molecule has 0 amide bonds. The number of halogens is 3. The van der Waals surface area contributed by atoms with Gasteiger partial charge in [0.25, 0.3) is 0 Å². The van der Waals surface area contributed by atoms with Crippen molar-refractivity contribution in [2.45, 2.75) is 20.5 Å². The molecule has 4 rings (SSSR count). The van der Waals surface area contributed by atoms with Crippen molar-refractivity contribution in [2.75, 3.05) is 12.8 Å². The molecule has 180 valence electrons. The van der Waals surface area contributed by atoms with Gasteiger partial charge in [0.15, 0.2) is 11.5 Å². The number of anilines is 1. The van der Waals surface area contributed by atoms with Crippen molar-refractivity contribution < 1.29 is 9.47 Å². The number of methoxy groups -OCH3 is 1. The summed E-state index contributed by atoms with van der Waals surface area (Å²) in [6.45, 7) is 3.93. The standard InChI is InChI=1S/C27H19Cl2IN4O2/c1-13-18(24-14(2)20(11-32)27(33)34-25(24)19(13)10-31)6-15-7-22(30)26(23(8-15)35-3)36-12-16-4-5-17(28)9-21(16)29/h4-9H,12H2,1-3H3,(H2,33,34)/b18-6+. The van der Waals surface area contributed by atoms with Crippen LogP contribution in [0.4, 0.5) is 5.82 Å². The van der Waals surface area contributed by atoms with Crippen LogP contribution in [-0.4, -0.2) is 12.1 Å². The molecule has 0 saturated carbocycles. The predicted molar refractivity (Wildman–Crippen MR) is 151 cm³/mol. The van der Waals surface area contributed by atoms with E-state index in [9.17, 15) is 10.5 Å². The molecule has 0 unspecified atom stereocenters. The topological polar surface area (TPSA) is 105 Å². The van der Waals surface area contributed by atoms with Crippen molar-refractivity contribution in [1.29, 1.82) is 10.5 Å². The Hall–Kier alpha value is -3.24. The number of aromatic nitrogens is 1. The molecule has 0 bridgehead atoms. The highest BCUT2D eigenvalue weighted by molar-refractivity contribution is 14.1. The maximum absolute atomic E-state index is 9.79. The number of allylic oxidation sites excluding steroid dienone is 3. The third kappa shape index (κ3) is 4.62. The first-order valence-electron chi connectivity index (χ1n) is 10.7. The summed E-state index contributed by atoms with van der Waals surface area (Å²) in [4.78, 5) is 4.38. The maximum atomic E-state index is 9.79. The Bertz CT molecular complexity index is 1570. The summed E-state index contributed by atoms with van der Waals surface area (Å²) in [5.41, 5.74) is 11.9. The summed E-state index contributed by atoms with van der Waals surface area (Å²) < 4.78 is 12.5. The molecule has 0 radical (unpaired) electrons. The summed E-state index contributed by atoms with van der Waals surface area (Å²) in [5.74, 6) is 1.25. The number of nitrogens with two attached hydrogens (primary N) is 1. The average molecular weight is 629 g/mol. The highest BCUT2D eigenvalue weighted by Gasteiger charge is 2.29. The van der Waals surface area contributed by atoms with Gasteiger partial charge < -0.3 is 15.2 Å². The molecule has 0 aliphatic heterocycles. The summed E-state index contributed by atoms with van der Waals surface area (Å²) in [7, 11) is 1.57. The first-order chi connectivity index (χ1) is 17.2. The molecular weight excluding hydrogens is 610 g/mol. The van der Waals surface area contributed by atoms with E-state index >= 15 is 0 Å². The molecule has 1 aromatic heterocycles. The summed E-state index contributed by atoms with van der Waals surface area (Å²) in [6, 6.07) is 13.4. The third-order valence-electron chi connectivity index (χ3n) is 5.93. The zero-order valence-corrected chi connectivity index (χ0v) is 23.2. The number of nitriles is 2. The van der Waals surface area contributed by atoms with E-state index in [1.807, 2.05) is 38.1 Å². The highest BCUT2D eigenvalue weighted by atomic mass is 127. The number of fused-ring (bicyclic) bond motifs is 1. The first kappa shape index (κ1) is 25.8. The number of hydrogen-bond acceptors (Lipinski definition) is 6. The van der Waals surface area contributed by atoms with E-state index in [1.54, 1.807) is 19.2 Å². The normalized spacial score (nSPS) is 13.4. The van der Waals surface area contributed by atoms with E-state index in [0.29, 0.717) is 43.9 Å². The van der Waals surface area contributed by atoms with Gasteiger partial charge in [0, 0.05) is 21.2 Å². The minimum absolute atomic E-state index is 0.120. The van der Waals surface area contributed by atoms with Gasteiger partial charge in [0.2, 0.25) is 0 Å². The van der Waals surface area contributed by atoms with Gasteiger partial charge in [-0.2, -0.15) is 10.5 Å². The minimum atomic E-state index is 0.120. The summed E-state index contributed by atoms with van der Waals surface area (Å²) in [6.07, 6.45) is 1.95. The van der Waals surface area contributed by atoms with E-state index in [2.05, 4.69) is 39.7 Å². The molecule has 6 nitrogen and oxygen atoms in total. The Morgan fingerprint density at radius 2 is 1.89 bits per heavy atom. The second-order valence-corrected chi connectivity index (χ2v) is 10.1. The van der Waals surface area contributed by atoms with Gasteiger partial charge in [-0.05, 0) is 89.1 Å². The van der Waals surface area contributed by atoms with E-state index in [1.165, 1.54) is 0 Å². The second-order valence-electron chi connectivity index (χ2n) is 8.06. The average Bonchev–Trinajstić information content (AvgIpc) is 3.09. The lowest BCUT2D eigenvalue weighted by Gasteiger charge is -2.15. The van der Waals surface area contributed by atoms with Crippen LogP contribution in [0.3, 0.4) is 0 Å². The van der Waals surface area contributed by atoms with Gasteiger partial charge in [-0.15, -0.1) is 0 Å². The van der Waals surface area contributed by atoms with Crippen molar-refractivity contribution in [3.05, 3.63) is 83.0 Å². The molecule has 1 aliphatic carbocycles. The van der Waals surface area contributed by atoms with Crippen LogP contribution in [0.2, 0.25) is 10.0 Å². The fourth-order valence-corrected chi connectivity index (χ4v) is 5.36. The van der Waals surface area contributed by atoms with Gasteiger partial charge in [-0.25, -0.2) is 4.98 Å².